The van der Waals surface area contributed by atoms with Gasteiger partial charge in [-0.05, 0) is 37.3 Å². The second-order valence-corrected chi connectivity index (χ2v) is 10.1. The van der Waals surface area contributed by atoms with Gasteiger partial charge in [-0.25, -0.2) is 12.8 Å². The molecule has 0 spiro atoms. The van der Waals surface area contributed by atoms with Gasteiger partial charge < -0.3 is 19.7 Å². The van der Waals surface area contributed by atoms with Gasteiger partial charge in [-0.15, -0.1) is 0 Å². The Balaban J connectivity index is 2.05. The molecule has 3 aromatic carbocycles. The van der Waals surface area contributed by atoms with Gasteiger partial charge in [0, 0.05) is 25.2 Å². The molecule has 0 aliphatic carbocycles. The maximum absolute atomic E-state index is 14.5. The number of halogens is 1. The van der Waals surface area contributed by atoms with Gasteiger partial charge in [0.15, 0.2) is 11.5 Å². The molecule has 202 valence electrons. The van der Waals surface area contributed by atoms with Gasteiger partial charge in [-0.1, -0.05) is 36.4 Å². The Kier molecular flexibility index (Phi) is 9.30. The van der Waals surface area contributed by atoms with Crippen LogP contribution >= 0.6 is 0 Å². The number of hydrogen-bond acceptors (Lipinski definition) is 6. The molecule has 0 fully saturated rings. The highest BCUT2D eigenvalue weighted by Gasteiger charge is 2.33. The Labute approximate surface area is 221 Å². The summed E-state index contributed by atoms with van der Waals surface area (Å²) in [7, 11) is -0.0664. The molecule has 0 aliphatic heterocycles. The van der Waals surface area contributed by atoms with Crippen LogP contribution in [-0.2, 0) is 26.2 Å². The Morgan fingerprint density at radius 1 is 0.947 bits per heavy atom. The van der Waals surface area contributed by atoms with E-state index in [9.17, 15) is 22.4 Å². The lowest BCUT2D eigenvalue weighted by molar-refractivity contribution is -0.139. The van der Waals surface area contributed by atoms with E-state index < -0.39 is 40.2 Å². The number of ether oxygens (including phenoxy) is 2. The van der Waals surface area contributed by atoms with Gasteiger partial charge in [0.05, 0.1) is 24.8 Å². The lowest BCUT2D eigenvalue weighted by Gasteiger charge is -2.31. The molecule has 11 heteroatoms. The number of nitrogens with zero attached hydrogens (tertiary/aromatic N) is 2. The van der Waals surface area contributed by atoms with Crippen LogP contribution in [0.15, 0.2) is 77.7 Å². The van der Waals surface area contributed by atoms with E-state index in [-0.39, 0.29) is 28.4 Å². The quantitative estimate of drug-likeness (QED) is 0.398. The minimum Gasteiger partial charge on any atom is -0.493 e. The smallest absolute Gasteiger partial charge is 0.264 e. The van der Waals surface area contributed by atoms with Crippen molar-refractivity contribution < 1.29 is 31.9 Å². The Morgan fingerprint density at radius 2 is 1.58 bits per heavy atom. The summed E-state index contributed by atoms with van der Waals surface area (Å²) >= 11 is 0. The first kappa shape index (κ1) is 28.5. The van der Waals surface area contributed by atoms with E-state index >= 15 is 0 Å². The fraction of sp³-hybridized carbons (Fsp3) is 0.259. The fourth-order valence-corrected chi connectivity index (χ4v) is 5.26. The van der Waals surface area contributed by atoms with Gasteiger partial charge in [0.25, 0.3) is 10.0 Å². The summed E-state index contributed by atoms with van der Waals surface area (Å²) in [6.07, 6.45) is 0. The van der Waals surface area contributed by atoms with Crippen molar-refractivity contribution >= 4 is 27.5 Å². The van der Waals surface area contributed by atoms with E-state index in [4.69, 9.17) is 9.47 Å². The van der Waals surface area contributed by atoms with Crippen molar-refractivity contribution in [1.29, 1.82) is 0 Å². The number of methoxy groups -OCH3 is 2. The van der Waals surface area contributed by atoms with E-state index in [1.165, 1.54) is 64.6 Å². The fourth-order valence-electron chi connectivity index (χ4n) is 3.83. The zero-order valence-corrected chi connectivity index (χ0v) is 22.4. The molecule has 0 unspecified atom stereocenters. The maximum atomic E-state index is 14.5. The van der Waals surface area contributed by atoms with E-state index in [1.54, 1.807) is 36.4 Å². The highest BCUT2D eigenvalue weighted by molar-refractivity contribution is 7.92. The first-order valence-corrected chi connectivity index (χ1v) is 13.1. The van der Waals surface area contributed by atoms with Crippen LogP contribution in [0.4, 0.5) is 10.1 Å². The number of anilines is 1. The number of para-hydroxylation sites is 1. The standard InChI is InChI=1S/C27H30FN3O6S/c1-19(27(33)29-2)30(17-20-10-8-9-13-23(20)28)26(32)18-31(21-11-6-5-7-12-21)38(34,35)22-14-15-24(36-3)25(16-22)37-4/h5-16,19H,17-18H2,1-4H3,(H,29,33)/t19-/m0/s1. The van der Waals surface area contributed by atoms with Crippen LogP contribution in [0.5, 0.6) is 11.5 Å². The van der Waals surface area contributed by atoms with Gasteiger partial charge >= 0.3 is 0 Å². The summed E-state index contributed by atoms with van der Waals surface area (Å²) in [6, 6.07) is 17.1. The lowest BCUT2D eigenvalue weighted by atomic mass is 10.1. The SMILES string of the molecule is CNC(=O)[C@H](C)N(Cc1ccccc1F)C(=O)CN(c1ccccc1)S(=O)(=O)c1ccc(OC)c(OC)c1. The summed E-state index contributed by atoms with van der Waals surface area (Å²) in [5, 5.41) is 2.48. The molecule has 0 radical (unpaired) electrons. The van der Waals surface area contributed by atoms with Crippen molar-refractivity contribution in [3.8, 4) is 11.5 Å². The number of rotatable bonds is 11. The first-order chi connectivity index (χ1) is 18.1. The monoisotopic (exact) mass is 543 g/mol. The predicted molar refractivity (Wildman–Crippen MR) is 141 cm³/mol. The maximum Gasteiger partial charge on any atom is 0.264 e. The summed E-state index contributed by atoms with van der Waals surface area (Å²) < 4.78 is 53.6. The highest BCUT2D eigenvalue weighted by Crippen LogP contribution is 2.32. The summed E-state index contributed by atoms with van der Waals surface area (Å²) in [4.78, 5) is 27.2. The minimum atomic E-state index is -4.30. The van der Waals surface area contributed by atoms with E-state index in [0.717, 1.165) is 9.21 Å². The second-order valence-electron chi connectivity index (χ2n) is 8.27. The van der Waals surface area contributed by atoms with E-state index in [2.05, 4.69) is 5.32 Å². The first-order valence-electron chi connectivity index (χ1n) is 11.7. The van der Waals surface area contributed by atoms with Crippen LogP contribution in [0.1, 0.15) is 12.5 Å². The molecule has 38 heavy (non-hydrogen) atoms. The number of benzene rings is 3. The average molecular weight is 544 g/mol. The van der Waals surface area contributed by atoms with Crippen molar-refractivity contribution in [2.45, 2.75) is 24.4 Å². The molecule has 2 amide bonds. The van der Waals surface area contributed by atoms with Gasteiger partial charge in [0.2, 0.25) is 11.8 Å². The Bertz CT molecular complexity index is 1380. The largest absolute Gasteiger partial charge is 0.493 e. The van der Waals surface area contributed by atoms with Crippen LogP contribution in [0.2, 0.25) is 0 Å². The molecular weight excluding hydrogens is 513 g/mol. The minimum absolute atomic E-state index is 0.133. The van der Waals surface area contributed by atoms with E-state index in [1.807, 2.05) is 0 Å². The summed E-state index contributed by atoms with van der Waals surface area (Å²) in [5.74, 6) is -1.19. The zero-order valence-electron chi connectivity index (χ0n) is 21.5. The predicted octanol–water partition coefficient (Wildman–Crippen LogP) is 3.20. The van der Waals surface area contributed by atoms with Crippen molar-refractivity contribution in [3.63, 3.8) is 0 Å². The number of likely N-dealkylation sites (N-methyl/N-ethyl adjacent to an activating group) is 1. The zero-order chi connectivity index (χ0) is 27.9. The number of nitrogens with one attached hydrogen (secondary N) is 1. The van der Waals surface area contributed by atoms with Crippen LogP contribution < -0.4 is 19.1 Å². The third-order valence-corrected chi connectivity index (χ3v) is 7.75. The molecule has 3 rings (SSSR count). The molecule has 0 bridgehead atoms. The number of amides is 2. The molecule has 0 heterocycles. The van der Waals surface area contributed by atoms with Crippen LogP contribution in [-0.4, -0.2) is 59.0 Å². The Morgan fingerprint density at radius 3 is 2.18 bits per heavy atom. The van der Waals surface area contributed by atoms with Crippen molar-refractivity contribution in [3.05, 3.63) is 84.2 Å². The van der Waals surface area contributed by atoms with E-state index in [0.29, 0.717) is 5.75 Å². The van der Waals surface area contributed by atoms with Crippen molar-refractivity contribution in [2.24, 2.45) is 0 Å². The average Bonchev–Trinajstić information content (AvgIpc) is 2.94. The normalized spacial score (nSPS) is 11.8. The number of carbonyl (C=O) groups is 2. The summed E-state index contributed by atoms with van der Waals surface area (Å²) in [6.45, 7) is 0.614. The number of carbonyl (C=O) groups excluding carboxylic acids is 2. The molecule has 0 saturated carbocycles. The summed E-state index contributed by atoms with van der Waals surface area (Å²) in [5.41, 5.74) is 0.416. The molecule has 0 saturated heterocycles. The lowest BCUT2D eigenvalue weighted by Crippen LogP contribution is -2.50. The number of sulfonamides is 1. The molecular formula is C27H30FN3O6S. The molecule has 0 aromatic heterocycles. The topological polar surface area (TPSA) is 105 Å². The second kappa shape index (κ2) is 12.4. The molecule has 1 N–H and O–H groups in total. The van der Waals surface area contributed by atoms with Crippen molar-refractivity contribution in [1.82, 2.24) is 10.2 Å². The van der Waals surface area contributed by atoms with Gasteiger partial charge in [0.1, 0.15) is 18.4 Å². The highest BCUT2D eigenvalue weighted by atomic mass is 32.2. The molecule has 9 nitrogen and oxygen atoms in total. The number of hydrogen-bond donors (Lipinski definition) is 1. The molecule has 1 atom stereocenters. The molecule has 3 aromatic rings. The third-order valence-electron chi connectivity index (χ3n) is 5.98. The van der Waals surface area contributed by atoms with Crippen LogP contribution in [0, 0.1) is 5.82 Å². The van der Waals surface area contributed by atoms with Gasteiger partial charge in [-0.2, -0.15) is 0 Å². The van der Waals surface area contributed by atoms with Crippen LogP contribution in [0.25, 0.3) is 0 Å². The van der Waals surface area contributed by atoms with Crippen LogP contribution in [0.3, 0.4) is 0 Å². The Hall–Kier alpha value is -4.12. The van der Waals surface area contributed by atoms with Gasteiger partial charge in [-0.3, -0.25) is 13.9 Å². The van der Waals surface area contributed by atoms with Crippen molar-refractivity contribution in [2.75, 3.05) is 32.1 Å². The molecule has 0 aliphatic rings. The third kappa shape index (κ3) is 6.23.